The van der Waals surface area contributed by atoms with Gasteiger partial charge in [0.1, 0.15) is 5.75 Å². The Bertz CT molecular complexity index is 510. The van der Waals surface area contributed by atoms with E-state index >= 15 is 0 Å². The molecule has 102 valence electrons. The minimum absolute atomic E-state index is 0.339. The van der Waals surface area contributed by atoms with Gasteiger partial charge in [-0.05, 0) is 36.3 Å². The van der Waals surface area contributed by atoms with Crippen molar-refractivity contribution in [2.45, 2.75) is 19.4 Å². The minimum atomic E-state index is -1.06. The number of benzene rings is 1. The molecule has 0 aliphatic heterocycles. The molecule has 0 aliphatic rings. The third kappa shape index (κ3) is 4.75. The lowest BCUT2D eigenvalue weighted by molar-refractivity contribution is -0.145. The molecule has 0 spiro atoms. The van der Waals surface area contributed by atoms with Crippen LogP contribution in [0.2, 0.25) is 0 Å². The van der Waals surface area contributed by atoms with E-state index in [2.05, 4.69) is 15.9 Å². The summed E-state index contributed by atoms with van der Waals surface area (Å²) in [4.78, 5) is 21.3. The predicted octanol–water partition coefficient (Wildman–Crippen LogP) is 2.79. The van der Waals surface area contributed by atoms with Crippen LogP contribution in [0.15, 0.2) is 28.7 Å². The van der Waals surface area contributed by atoms with Crippen molar-refractivity contribution >= 4 is 33.9 Å². The number of carbonyl (C=O) groups is 2. The quantitative estimate of drug-likeness (QED) is 0.784. The molecule has 0 saturated heterocycles. The molecule has 19 heavy (non-hydrogen) atoms. The van der Waals surface area contributed by atoms with Crippen LogP contribution in [0.25, 0.3) is 6.08 Å². The number of hydrogen-bond acceptors (Lipinski definition) is 3. The van der Waals surface area contributed by atoms with E-state index in [0.717, 1.165) is 6.08 Å². The lowest BCUT2D eigenvalue weighted by Gasteiger charge is -2.13. The summed E-state index contributed by atoms with van der Waals surface area (Å²) in [7, 11) is 0. The average molecular weight is 329 g/mol. The first kappa shape index (κ1) is 15.2. The zero-order chi connectivity index (χ0) is 14.4. The van der Waals surface area contributed by atoms with Crippen LogP contribution in [0.5, 0.6) is 5.75 Å². The van der Waals surface area contributed by atoms with Gasteiger partial charge in [-0.1, -0.05) is 22.9 Å². The number of halogens is 1. The van der Waals surface area contributed by atoms with Crippen LogP contribution in [-0.4, -0.2) is 28.3 Å². The van der Waals surface area contributed by atoms with Crippen LogP contribution in [0.4, 0.5) is 0 Å². The second kappa shape index (κ2) is 6.94. The Morgan fingerprint density at radius 1 is 1.42 bits per heavy atom. The third-order valence-electron chi connectivity index (χ3n) is 2.30. The van der Waals surface area contributed by atoms with Gasteiger partial charge in [0.15, 0.2) is 6.10 Å². The second-order valence-electron chi connectivity index (χ2n) is 3.71. The fourth-order valence-corrected chi connectivity index (χ4v) is 1.74. The number of rotatable bonds is 6. The lowest BCUT2D eigenvalue weighted by atomic mass is 10.2. The molecule has 0 amide bonds. The molecule has 0 aliphatic carbocycles. The van der Waals surface area contributed by atoms with E-state index in [-0.39, 0.29) is 0 Å². The Hall–Kier alpha value is -1.82. The smallest absolute Gasteiger partial charge is 0.344 e. The fraction of sp³-hybridized carbons (Fsp3) is 0.231. The van der Waals surface area contributed by atoms with Crippen molar-refractivity contribution in [3.05, 3.63) is 34.3 Å². The van der Waals surface area contributed by atoms with Gasteiger partial charge in [0.05, 0.1) is 0 Å². The van der Waals surface area contributed by atoms with Gasteiger partial charge in [-0.25, -0.2) is 9.59 Å². The van der Waals surface area contributed by atoms with Crippen molar-refractivity contribution < 1.29 is 24.5 Å². The summed E-state index contributed by atoms with van der Waals surface area (Å²) >= 11 is 3.28. The highest BCUT2D eigenvalue weighted by Gasteiger charge is 2.16. The summed E-state index contributed by atoms with van der Waals surface area (Å²) in [5.41, 5.74) is 0.597. The number of carboxylic acids is 2. The summed E-state index contributed by atoms with van der Waals surface area (Å²) in [6, 6.07) is 4.87. The number of carboxylic acid groups (broad SMARTS) is 2. The van der Waals surface area contributed by atoms with Gasteiger partial charge in [-0.3, -0.25) is 0 Å². The summed E-state index contributed by atoms with van der Waals surface area (Å²) in [5, 5.41) is 17.5. The van der Waals surface area contributed by atoms with Gasteiger partial charge in [0.2, 0.25) is 0 Å². The summed E-state index contributed by atoms with van der Waals surface area (Å²) in [6.07, 6.45) is 1.82. The van der Waals surface area contributed by atoms with E-state index in [0.29, 0.717) is 22.2 Å². The van der Waals surface area contributed by atoms with E-state index in [4.69, 9.17) is 14.9 Å². The maximum absolute atomic E-state index is 10.9. The SMILES string of the molecule is CCC(Oc1ccc(Br)c(/C=C/C(=O)O)c1)C(=O)O. The predicted molar refractivity (Wildman–Crippen MR) is 73.2 cm³/mol. The zero-order valence-corrected chi connectivity index (χ0v) is 11.8. The first-order valence-corrected chi connectivity index (χ1v) is 6.33. The monoisotopic (exact) mass is 328 g/mol. The number of ether oxygens (including phenoxy) is 1. The maximum atomic E-state index is 10.9. The highest BCUT2D eigenvalue weighted by Crippen LogP contribution is 2.25. The normalized spacial score (nSPS) is 12.3. The van der Waals surface area contributed by atoms with Crippen LogP contribution in [0.3, 0.4) is 0 Å². The van der Waals surface area contributed by atoms with E-state index in [1.165, 1.54) is 6.08 Å². The Morgan fingerprint density at radius 2 is 2.11 bits per heavy atom. The van der Waals surface area contributed by atoms with Gasteiger partial charge >= 0.3 is 11.9 Å². The van der Waals surface area contributed by atoms with Gasteiger partial charge in [-0.15, -0.1) is 0 Å². The van der Waals surface area contributed by atoms with Crippen molar-refractivity contribution in [2.75, 3.05) is 0 Å². The minimum Gasteiger partial charge on any atom is -0.479 e. The summed E-state index contributed by atoms with van der Waals surface area (Å²) in [6.45, 7) is 1.71. The van der Waals surface area contributed by atoms with Crippen molar-refractivity contribution in [1.82, 2.24) is 0 Å². The fourth-order valence-electron chi connectivity index (χ4n) is 1.36. The lowest BCUT2D eigenvalue weighted by Crippen LogP contribution is -2.25. The van der Waals surface area contributed by atoms with Crippen molar-refractivity contribution in [2.24, 2.45) is 0 Å². The summed E-state index contributed by atoms with van der Waals surface area (Å²) < 4.78 is 6.02. The van der Waals surface area contributed by atoms with E-state index < -0.39 is 18.0 Å². The van der Waals surface area contributed by atoms with Gasteiger partial charge in [-0.2, -0.15) is 0 Å². The van der Waals surface area contributed by atoms with Crippen molar-refractivity contribution in [1.29, 1.82) is 0 Å². The van der Waals surface area contributed by atoms with Crippen LogP contribution in [0, 0.1) is 0 Å². The molecule has 0 fully saturated rings. The molecule has 1 unspecified atom stereocenters. The van der Waals surface area contributed by atoms with E-state index in [1.807, 2.05) is 0 Å². The molecule has 0 radical (unpaired) electrons. The molecule has 1 aromatic carbocycles. The topological polar surface area (TPSA) is 83.8 Å². The van der Waals surface area contributed by atoms with Gasteiger partial charge < -0.3 is 14.9 Å². The Labute approximate surface area is 118 Å². The average Bonchev–Trinajstić information content (AvgIpc) is 2.35. The van der Waals surface area contributed by atoms with Crippen LogP contribution in [-0.2, 0) is 9.59 Å². The molecule has 0 saturated carbocycles. The first-order chi connectivity index (χ1) is 8.93. The van der Waals surface area contributed by atoms with Crippen LogP contribution >= 0.6 is 15.9 Å². The van der Waals surface area contributed by atoms with E-state index in [1.54, 1.807) is 25.1 Å². The van der Waals surface area contributed by atoms with E-state index in [9.17, 15) is 9.59 Å². The molecule has 5 nitrogen and oxygen atoms in total. The third-order valence-corrected chi connectivity index (χ3v) is 3.02. The Kier molecular flexibility index (Phi) is 5.57. The standard InChI is InChI=1S/C13H13BrO5/c1-2-11(13(17)18)19-9-4-5-10(14)8(7-9)3-6-12(15)16/h3-7,11H,2H2,1H3,(H,15,16)(H,17,18)/b6-3+. The Balaban J connectivity index is 2.95. The zero-order valence-electron chi connectivity index (χ0n) is 10.2. The van der Waals surface area contributed by atoms with Gasteiger partial charge in [0.25, 0.3) is 0 Å². The second-order valence-corrected chi connectivity index (χ2v) is 4.56. The largest absolute Gasteiger partial charge is 0.479 e. The molecule has 6 heteroatoms. The molecule has 0 bridgehead atoms. The molecule has 0 heterocycles. The van der Waals surface area contributed by atoms with Crippen LogP contribution < -0.4 is 4.74 Å². The molecule has 2 N–H and O–H groups in total. The molecule has 0 aromatic heterocycles. The molecule has 1 aromatic rings. The Morgan fingerprint density at radius 3 is 2.63 bits per heavy atom. The molecule has 1 atom stereocenters. The number of hydrogen-bond donors (Lipinski definition) is 2. The van der Waals surface area contributed by atoms with Crippen molar-refractivity contribution in [3.63, 3.8) is 0 Å². The highest BCUT2D eigenvalue weighted by atomic mass is 79.9. The van der Waals surface area contributed by atoms with Crippen LogP contribution in [0.1, 0.15) is 18.9 Å². The molecule has 1 rings (SSSR count). The van der Waals surface area contributed by atoms with Gasteiger partial charge in [0, 0.05) is 10.5 Å². The first-order valence-electron chi connectivity index (χ1n) is 5.54. The molecular weight excluding hydrogens is 316 g/mol. The summed E-state index contributed by atoms with van der Waals surface area (Å²) in [5.74, 6) is -1.72. The van der Waals surface area contributed by atoms with Crippen molar-refractivity contribution in [3.8, 4) is 5.75 Å². The highest BCUT2D eigenvalue weighted by molar-refractivity contribution is 9.10. The number of aliphatic carboxylic acids is 2. The molecular formula is C13H13BrO5. The maximum Gasteiger partial charge on any atom is 0.344 e.